The number of aromatic nitrogens is 8. The van der Waals surface area contributed by atoms with Gasteiger partial charge in [0.25, 0.3) is 18.6 Å². The number of aromatic amines is 2. The normalized spacial score (nSPS) is 30.8. The van der Waals surface area contributed by atoms with E-state index in [2.05, 4.69) is 48.7 Å². The Labute approximate surface area is 720 Å². The highest BCUT2D eigenvalue weighted by atomic mass is 31.2. The monoisotopic (exact) mass is 1880 g/mol. The first-order valence-electron chi connectivity index (χ1n) is 41.4. The minimum Gasteiger partial charge on any atom is -0.370 e. The number of morpholine rings is 7. The third-order valence-corrected chi connectivity index (χ3v) is 40.1. The number of H-pyrrole nitrogens is 2. The van der Waals surface area contributed by atoms with Gasteiger partial charge in [0, 0.05) is 90.7 Å². The minimum atomic E-state index is -4.13. The van der Waals surface area contributed by atoms with Gasteiger partial charge in [-0.2, -0.15) is 9.97 Å². The number of hydrogen-bond donors (Lipinski definition) is 4. The standard InChI is InChI=1S/C69H133N24O23P7/c1-23-117(96,78(9)10)103-38-58-34-90(36-60(115-58)92-45-72-62-64(92)74-68(70)76-66(62)94)122(101,83(19)20)107-42-57-33-88(27-51(7)114-57)120(99,81(15)16)105-40-54-30-87(26-50(6)111-54)119(98,80(13)14)106-41-55-31-89(28-52(8)112-55)121(100,82(17)18)109-44-59-35-91(37-61(116-59)93-46-73-63-65(93)75-69(71)77-67(63)95)123(102,84(21)22)108-43-56-32-86(25-49(5)113-56)118(97,79(11)12)104-39-53-29-85(47(2)3)24-48(4)110-53/h45-61H,23-44H2,1-22H3,(H3,70,74,76,94)(H3,71,75,77,95)/t48-,49-,50-,51-,52-,53-,54-,55-,56-,57-,58-,59-,60+,61+,117?,118?,119?,120?,121?,122?,123?/m0/s1. The summed E-state index contributed by atoms with van der Waals surface area (Å²) >= 11 is 0. The summed E-state index contributed by atoms with van der Waals surface area (Å²) in [5.41, 5.74) is 11.1. The van der Waals surface area contributed by atoms with Gasteiger partial charge in [-0.3, -0.25) is 65.5 Å². The average Bonchev–Trinajstić information content (AvgIpc) is 1.73. The van der Waals surface area contributed by atoms with E-state index in [1.54, 1.807) is 138 Å². The lowest BCUT2D eigenvalue weighted by atomic mass is 10.2. The summed E-state index contributed by atoms with van der Waals surface area (Å²) in [6, 6.07) is 0.284. The van der Waals surface area contributed by atoms with Crippen molar-refractivity contribution in [2.75, 3.05) is 254 Å². The van der Waals surface area contributed by atoms with Gasteiger partial charge in [-0.05, 0) is 147 Å². The van der Waals surface area contributed by atoms with Crippen molar-refractivity contribution in [3.63, 3.8) is 0 Å². The molecule has 4 aromatic rings. The van der Waals surface area contributed by atoms with E-state index in [4.69, 9.17) is 76.3 Å². The maximum absolute atomic E-state index is 15.9. The molecule has 4 aromatic heterocycles. The molecule has 0 amide bonds. The Bertz CT molecular complexity index is 4710. The molecule has 6 N–H and O–H groups in total. The number of imidazole rings is 2. The van der Waals surface area contributed by atoms with Crippen LogP contribution in [0.4, 0.5) is 11.9 Å². The van der Waals surface area contributed by atoms with Crippen LogP contribution in [0.1, 0.15) is 67.8 Å². The Morgan fingerprint density at radius 1 is 0.374 bits per heavy atom. The zero-order valence-corrected chi connectivity index (χ0v) is 81.3. The van der Waals surface area contributed by atoms with Crippen LogP contribution in [-0.4, -0.2) is 427 Å². The lowest BCUT2D eigenvalue weighted by molar-refractivity contribution is -0.120. The molecule has 0 aromatic carbocycles. The van der Waals surface area contributed by atoms with E-state index in [9.17, 15) is 14.2 Å². The number of nitrogens with zero attached hydrogens (tertiary/aromatic N) is 20. The fourth-order valence-corrected chi connectivity index (χ4v) is 29.9. The Balaban J connectivity index is 0.740. The molecule has 7 aliphatic heterocycles. The van der Waals surface area contributed by atoms with Crippen molar-refractivity contribution < 1.29 is 96.8 Å². The third kappa shape index (κ3) is 22.9. The smallest absolute Gasteiger partial charge is 0.345 e. The summed E-state index contributed by atoms with van der Waals surface area (Å²) < 4.78 is 222. The molecule has 54 heteroatoms. The molecular formula is C69H133N24O23P7. The summed E-state index contributed by atoms with van der Waals surface area (Å²) in [5.74, 6) is -0.335. The van der Waals surface area contributed by atoms with Crippen molar-refractivity contribution in [3.05, 3.63) is 33.4 Å². The molecule has 702 valence electrons. The van der Waals surface area contributed by atoms with E-state index < -0.39 is 138 Å². The molecule has 0 saturated carbocycles. The molecular weight excluding hydrogens is 1750 g/mol. The van der Waals surface area contributed by atoms with Gasteiger partial charge in [-0.1, -0.05) is 6.92 Å². The van der Waals surface area contributed by atoms with Crippen LogP contribution in [0.5, 0.6) is 0 Å². The van der Waals surface area contributed by atoms with Crippen LogP contribution < -0.4 is 22.6 Å². The second kappa shape index (κ2) is 41.3. The van der Waals surface area contributed by atoms with Gasteiger partial charge >= 0.3 is 46.0 Å². The Hall–Kier alpha value is -3.21. The SMILES string of the molecule is CCP(=O)(OC[C@@H]1CN(P(=O)(OC[C@@H]2CN(P(=O)(OC[C@@H]3CN(P(=O)(OC[C@@H]4CN(P(=O)(OC[C@@H]5CN(P(=O)(OC[C@@H]6CN(P(=O)(OC[C@@H]7CN(C(C)C)C[C@H](C)O7)N(C)C)C[C@H](C)O6)N(C)C)C[C@H](n6cnc7c(=O)[nH]c(N)nc76)O5)N(C)C)C[C@H](C)O4)N(C)C)C[C@H](C)O3)N(C)C)C[C@H](C)O2)N(C)C)C[C@H](n2cnc3c(=O)[nH]c(N)nc32)O1)N(C)C. The highest BCUT2D eigenvalue weighted by Crippen LogP contribution is 2.62. The molecule has 0 radical (unpaired) electrons. The third-order valence-electron chi connectivity index (χ3n) is 22.3. The maximum atomic E-state index is 15.9. The summed E-state index contributed by atoms with van der Waals surface area (Å²) in [7, 11) is -4.18. The van der Waals surface area contributed by atoms with Crippen molar-refractivity contribution in [2.45, 2.75) is 147 Å². The highest BCUT2D eigenvalue weighted by molar-refractivity contribution is 7.56. The number of anilines is 2. The van der Waals surface area contributed by atoms with Crippen LogP contribution in [-0.2, 0) is 96.8 Å². The first-order chi connectivity index (χ1) is 57.6. The van der Waals surface area contributed by atoms with Gasteiger partial charge in [-0.15, -0.1) is 0 Å². The number of nitrogen functional groups attached to an aromatic ring is 2. The molecule has 47 nitrogen and oxygen atoms in total. The Morgan fingerprint density at radius 3 is 0.870 bits per heavy atom. The Morgan fingerprint density at radius 2 is 0.618 bits per heavy atom. The molecule has 123 heavy (non-hydrogen) atoms. The van der Waals surface area contributed by atoms with Crippen LogP contribution in [0.15, 0.2) is 22.2 Å². The molecule has 21 atom stereocenters. The van der Waals surface area contributed by atoms with Crippen LogP contribution in [0.25, 0.3) is 22.3 Å². The molecule has 7 aliphatic rings. The van der Waals surface area contributed by atoms with Gasteiger partial charge in [0.1, 0.15) is 12.5 Å². The van der Waals surface area contributed by atoms with Gasteiger partial charge < -0.3 is 76.3 Å². The van der Waals surface area contributed by atoms with Gasteiger partial charge in [0.15, 0.2) is 22.3 Å². The van der Waals surface area contributed by atoms with E-state index in [0.717, 1.165) is 6.54 Å². The number of nitrogens with two attached hydrogens (primary N) is 2. The molecule has 11 heterocycles. The lowest BCUT2D eigenvalue weighted by Gasteiger charge is -2.46. The van der Waals surface area contributed by atoms with E-state index in [1.165, 1.54) is 49.8 Å². The van der Waals surface area contributed by atoms with Crippen molar-refractivity contribution in [1.82, 2.24) is 105 Å². The molecule has 7 fully saturated rings. The fourth-order valence-electron chi connectivity index (χ4n) is 16.2. The number of fused-ring (bicyclic) bond motifs is 2. The fraction of sp³-hybridized carbons (Fsp3) is 0.855. The van der Waals surface area contributed by atoms with Gasteiger partial charge in [0.2, 0.25) is 11.9 Å². The average molecular weight is 1880 g/mol. The largest absolute Gasteiger partial charge is 0.370 e. The van der Waals surface area contributed by atoms with Crippen LogP contribution in [0, 0.1) is 0 Å². The minimum absolute atomic E-state index is 0.00133. The molecule has 7 unspecified atom stereocenters. The lowest BCUT2D eigenvalue weighted by Crippen LogP contribution is -2.52. The topological polar surface area (TPSA) is 473 Å². The van der Waals surface area contributed by atoms with E-state index in [1.807, 2.05) is 34.6 Å². The van der Waals surface area contributed by atoms with Crippen LogP contribution >= 0.6 is 53.5 Å². The second-order valence-electron chi connectivity index (χ2n) is 34.0. The van der Waals surface area contributed by atoms with Crippen molar-refractivity contribution in [2.24, 2.45) is 0 Å². The van der Waals surface area contributed by atoms with Crippen molar-refractivity contribution in [3.8, 4) is 0 Å². The van der Waals surface area contributed by atoms with Crippen molar-refractivity contribution >= 4 is 87.8 Å². The number of rotatable bonds is 38. The quantitative estimate of drug-likeness (QED) is 0.0446. The zero-order valence-electron chi connectivity index (χ0n) is 75.0. The van der Waals surface area contributed by atoms with E-state index in [-0.39, 0.29) is 183 Å². The first kappa shape index (κ1) is 100. The highest BCUT2D eigenvalue weighted by Gasteiger charge is 2.52. The molecule has 7 saturated heterocycles. The molecule has 11 rings (SSSR count). The summed E-state index contributed by atoms with van der Waals surface area (Å²) in [6.07, 6.45) is -6.54. The van der Waals surface area contributed by atoms with Crippen LogP contribution in [0.3, 0.4) is 0 Å². The molecule has 0 bridgehead atoms. The molecule has 0 spiro atoms. The first-order valence-corrected chi connectivity index (χ1v) is 52.3. The van der Waals surface area contributed by atoms with E-state index in [0.29, 0.717) is 6.54 Å². The van der Waals surface area contributed by atoms with Gasteiger partial charge in [-0.25, -0.2) is 70.7 Å². The second-order valence-corrected chi connectivity index (χ2v) is 52.6. The number of nitrogens with one attached hydrogen (secondary N) is 2. The number of hydrogen-bond acceptors (Lipinski definition) is 30. The summed E-state index contributed by atoms with van der Waals surface area (Å²) in [5, 5.41) is 0. The number of ether oxygens (including phenoxy) is 7. The summed E-state index contributed by atoms with van der Waals surface area (Å²) in [6.45, 7) is 15.9. The Kier molecular flexibility index (Phi) is 33.7. The predicted octanol–water partition coefficient (Wildman–Crippen LogP) is 4.58. The van der Waals surface area contributed by atoms with Crippen LogP contribution in [0.2, 0.25) is 0 Å². The van der Waals surface area contributed by atoms with E-state index >= 15 is 27.4 Å². The molecule has 0 aliphatic carbocycles. The maximum Gasteiger partial charge on any atom is 0.345 e. The summed E-state index contributed by atoms with van der Waals surface area (Å²) in [4.78, 5) is 50.8. The van der Waals surface area contributed by atoms with Gasteiger partial charge in [0.05, 0.1) is 145 Å². The predicted molar refractivity (Wildman–Crippen MR) is 462 cm³/mol. The van der Waals surface area contributed by atoms with Crippen molar-refractivity contribution in [1.29, 1.82) is 0 Å². The zero-order chi connectivity index (χ0) is 90.1.